The summed E-state index contributed by atoms with van der Waals surface area (Å²) < 4.78 is 0. The average molecular weight is 324 g/mol. The summed E-state index contributed by atoms with van der Waals surface area (Å²) in [6.45, 7) is 1.34. The molecule has 0 spiro atoms. The standard InChI is InChI=1S/C17H16N4OS/c22-16-7-14(10-21(16)9-12-1-4-18-5-2-12)17-19-8-15(20-17)13-3-6-23-11-13/h1-6,8,11,14H,7,9-10H2,(H,19,20). The molecule has 3 aromatic rings. The van der Waals surface area contributed by atoms with Crippen LogP contribution in [0.5, 0.6) is 0 Å². The molecule has 6 heteroatoms. The highest BCUT2D eigenvalue weighted by atomic mass is 32.1. The van der Waals surface area contributed by atoms with Gasteiger partial charge in [-0.1, -0.05) is 0 Å². The average Bonchev–Trinajstić information content (AvgIpc) is 3.29. The van der Waals surface area contributed by atoms with Gasteiger partial charge in [0.1, 0.15) is 5.82 Å². The predicted octanol–water partition coefficient (Wildman–Crippen LogP) is 3.05. The zero-order valence-electron chi connectivity index (χ0n) is 12.5. The first-order chi connectivity index (χ1) is 11.3. The number of pyridine rings is 1. The maximum atomic E-state index is 12.3. The fourth-order valence-corrected chi connectivity index (χ4v) is 3.58. The van der Waals surface area contributed by atoms with Crippen LogP contribution >= 0.6 is 11.3 Å². The molecule has 4 heterocycles. The second kappa shape index (κ2) is 5.96. The maximum absolute atomic E-state index is 12.3. The molecule has 116 valence electrons. The van der Waals surface area contributed by atoms with Gasteiger partial charge in [0.2, 0.25) is 5.91 Å². The number of hydrogen-bond acceptors (Lipinski definition) is 4. The number of thiophene rings is 1. The van der Waals surface area contributed by atoms with Crippen molar-refractivity contribution in [3.63, 3.8) is 0 Å². The number of carbonyl (C=O) groups is 1. The minimum atomic E-state index is 0.136. The lowest BCUT2D eigenvalue weighted by Gasteiger charge is -2.16. The third kappa shape index (κ3) is 2.90. The van der Waals surface area contributed by atoms with Gasteiger partial charge in [0.25, 0.3) is 0 Å². The summed E-state index contributed by atoms with van der Waals surface area (Å²) in [6, 6.07) is 5.96. The number of nitrogens with one attached hydrogen (secondary N) is 1. The zero-order valence-corrected chi connectivity index (χ0v) is 13.3. The van der Waals surface area contributed by atoms with Gasteiger partial charge in [-0.25, -0.2) is 4.98 Å². The third-order valence-corrected chi connectivity index (χ3v) is 4.83. The maximum Gasteiger partial charge on any atom is 0.223 e. The molecule has 1 amide bonds. The molecule has 1 aliphatic heterocycles. The molecule has 0 radical (unpaired) electrons. The highest BCUT2D eigenvalue weighted by molar-refractivity contribution is 7.08. The summed E-state index contributed by atoms with van der Waals surface area (Å²) in [7, 11) is 0. The Morgan fingerprint density at radius 2 is 2.17 bits per heavy atom. The summed E-state index contributed by atoms with van der Waals surface area (Å²) in [4.78, 5) is 26.0. The van der Waals surface area contributed by atoms with Crippen molar-refractivity contribution < 1.29 is 4.79 Å². The van der Waals surface area contributed by atoms with E-state index in [1.165, 1.54) is 0 Å². The van der Waals surface area contributed by atoms with Crippen LogP contribution in [-0.2, 0) is 11.3 Å². The van der Waals surface area contributed by atoms with Crippen LogP contribution in [0.15, 0.2) is 47.5 Å². The number of H-pyrrole nitrogens is 1. The Hall–Kier alpha value is -2.47. The number of likely N-dealkylation sites (tertiary alicyclic amines) is 1. The van der Waals surface area contributed by atoms with Crippen LogP contribution in [0.3, 0.4) is 0 Å². The van der Waals surface area contributed by atoms with E-state index in [1.807, 2.05) is 28.6 Å². The quantitative estimate of drug-likeness (QED) is 0.802. The number of rotatable bonds is 4. The van der Waals surface area contributed by atoms with E-state index in [9.17, 15) is 4.79 Å². The summed E-state index contributed by atoms with van der Waals surface area (Å²) in [5.74, 6) is 1.22. The van der Waals surface area contributed by atoms with E-state index < -0.39 is 0 Å². The number of aromatic nitrogens is 3. The third-order valence-electron chi connectivity index (χ3n) is 4.15. The second-order valence-electron chi connectivity index (χ2n) is 5.72. The molecule has 23 heavy (non-hydrogen) atoms. The summed E-state index contributed by atoms with van der Waals surface area (Å²) in [5.41, 5.74) is 3.26. The van der Waals surface area contributed by atoms with Gasteiger partial charge < -0.3 is 9.88 Å². The topological polar surface area (TPSA) is 61.9 Å². The number of amides is 1. The lowest BCUT2D eigenvalue weighted by atomic mass is 10.1. The number of carbonyl (C=O) groups excluding carboxylic acids is 1. The van der Waals surface area contributed by atoms with Gasteiger partial charge in [-0.2, -0.15) is 11.3 Å². The van der Waals surface area contributed by atoms with Gasteiger partial charge in [-0.15, -0.1) is 0 Å². The largest absolute Gasteiger partial charge is 0.342 e. The van der Waals surface area contributed by atoms with Crippen molar-refractivity contribution in [1.82, 2.24) is 19.9 Å². The highest BCUT2D eigenvalue weighted by Crippen LogP contribution is 2.29. The van der Waals surface area contributed by atoms with Crippen molar-refractivity contribution in [3.8, 4) is 11.3 Å². The van der Waals surface area contributed by atoms with Gasteiger partial charge in [-0.3, -0.25) is 9.78 Å². The van der Waals surface area contributed by atoms with Gasteiger partial charge in [0, 0.05) is 48.8 Å². The Kier molecular flexibility index (Phi) is 3.67. The Labute approximate surface area is 138 Å². The van der Waals surface area contributed by atoms with Crippen molar-refractivity contribution in [2.45, 2.75) is 18.9 Å². The molecule has 0 bridgehead atoms. The molecule has 1 atom stereocenters. The molecule has 1 aliphatic rings. The first kappa shape index (κ1) is 14.1. The first-order valence-corrected chi connectivity index (χ1v) is 8.48. The normalized spacial score (nSPS) is 17.8. The van der Waals surface area contributed by atoms with Crippen molar-refractivity contribution in [1.29, 1.82) is 0 Å². The minimum absolute atomic E-state index is 0.136. The molecular formula is C17H16N4OS. The molecule has 1 fully saturated rings. The van der Waals surface area contributed by atoms with Crippen LogP contribution in [0, 0.1) is 0 Å². The van der Waals surface area contributed by atoms with E-state index in [0.29, 0.717) is 19.5 Å². The van der Waals surface area contributed by atoms with E-state index in [0.717, 1.165) is 22.6 Å². The molecule has 5 nitrogen and oxygen atoms in total. The summed E-state index contributed by atoms with van der Waals surface area (Å²) in [6.07, 6.45) is 5.88. The van der Waals surface area contributed by atoms with Crippen molar-refractivity contribution in [2.75, 3.05) is 6.54 Å². The van der Waals surface area contributed by atoms with E-state index in [4.69, 9.17) is 0 Å². The molecule has 0 saturated carbocycles. The highest BCUT2D eigenvalue weighted by Gasteiger charge is 2.32. The van der Waals surface area contributed by atoms with Gasteiger partial charge in [0.05, 0.1) is 11.9 Å². The fraction of sp³-hybridized carbons (Fsp3) is 0.235. The molecule has 1 N–H and O–H groups in total. The molecule has 1 unspecified atom stereocenters. The van der Waals surface area contributed by atoms with Crippen molar-refractivity contribution >= 4 is 17.2 Å². The number of imidazole rings is 1. The molecule has 0 aromatic carbocycles. The van der Waals surface area contributed by atoms with Crippen LogP contribution in [0.4, 0.5) is 0 Å². The van der Waals surface area contributed by atoms with Gasteiger partial charge >= 0.3 is 0 Å². The van der Waals surface area contributed by atoms with Crippen molar-refractivity contribution in [3.05, 3.63) is 58.9 Å². The predicted molar refractivity (Wildman–Crippen MR) is 88.9 cm³/mol. The van der Waals surface area contributed by atoms with Crippen molar-refractivity contribution in [2.24, 2.45) is 0 Å². The molecule has 1 saturated heterocycles. The van der Waals surface area contributed by atoms with E-state index in [1.54, 1.807) is 23.7 Å². The van der Waals surface area contributed by atoms with Gasteiger partial charge in [0.15, 0.2) is 0 Å². The van der Waals surface area contributed by atoms with E-state index in [-0.39, 0.29) is 11.8 Å². The second-order valence-corrected chi connectivity index (χ2v) is 6.50. The van der Waals surface area contributed by atoms with Crippen LogP contribution < -0.4 is 0 Å². The van der Waals surface area contributed by atoms with E-state index >= 15 is 0 Å². The monoisotopic (exact) mass is 324 g/mol. The number of aromatic amines is 1. The Bertz CT molecular complexity index is 797. The van der Waals surface area contributed by atoms with Crippen LogP contribution in [0.2, 0.25) is 0 Å². The van der Waals surface area contributed by atoms with Gasteiger partial charge in [-0.05, 0) is 29.1 Å². The smallest absolute Gasteiger partial charge is 0.223 e. The Morgan fingerprint density at radius 1 is 1.30 bits per heavy atom. The molecule has 3 aromatic heterocycles. The van der Waals surface area contributed by atoms with Crippen LogP contribution in [-0.4, -0.2) is 32.3 Å². The Balaban J connectivity index is 1.48. The number of nitrogens with zero attached hydrogens (tertiary/aromatic N) is 3. The molecule has 4 rings (SSSR count). The molecule has 0 aliphatic carbocycles. The van der Waals surface area contributed by atoms with Crippen LogP contribution in [0.25, 0.3) is 11.3 Å². The SMILES string of the molecule is O=C1CC(c2ncc(-c3ccsc3)[nH]2)CN1Cc1ccncc1. The summed E-state index contributed by atoms with van der Waals surface area (Å²) >= 11 is 1.66. The van der Waals surface area contributed by atoms with E-state index in [2.05, 4.69) is 26.4 Å². The zero-order chi connectivity index (χ0) is 15.6. The number of hydrogen-bond donors (Lipinski definition) is 1. The lowest BCUT2D eigenvalue weighted by molar-refractivity contribution is -0.128. The lowest BCUT2D eigenvalue weighted by Crippen LogP contribution is -2.24. The first-order valence-electron chi connectivity index (χ1n) is 7.54. The Morgan fingerprint density at radius 3 is 2.96 bits per heavy atom. The minimum Gasteiger partial charge on any atom is -0.342 e. The fourth-order valence-electron chi connectivity index (χ4n) is 2.93. The van der Waals surface area contributed by atoms with Crippen LogP contribution in [0.1, 0.15) is 23.7 Å². The summed E-state index contributed by atoms with van der Waals surface area (Å²) in [5, 5.41) is 4.14. The molecular weight excluding hydrogens is 308 g/mol.